The highest BCUT2D eigenvalue weighted by atomic mass is 32.2. The fourth-order valence-corrected chi connectivity index (χ4v) is 4.21. The molecule has 1 aromatic heterocycles. The number of nitro benzene ring substituents is 1. The molecule has 1 fully saturated rings. The van der Waals surface area contributed by atoms with Gasteiger partial charge in [0.2, 0.25) is 10.0 Å². The first-order valence-corrected chi connectivity index (χ1v) is 9.90. The van der Waals surface area contributed by atoms with Crippen molar-refractivity contribution >= 4 is 27.1 Å². The van der Waals surface area contributed by atoms with E-state index in [2.05, 4.69) is 15.5 Å². The van der Waals surface area contributed by atoms with Gasteiger partial charge < -0.3 is 4.74 Å². The van der Waals surface area contributed by atoms with E-state index in [9.17, 15) is 18.5 Å². The number of morpholine rings is 1. The molecule has 1 aliphatic rings. The summed E-state index contributed by atoms with van der Waals surface area (Å²) in [6.07, 6.45) is 3.26. The van der Waals surface area contributed by atoms with Crippen molar-refractivity contribution < 1.29 is 18.1 Å². The van der Waals surface area contributed by atoms with E-state index in [1.165, 1.54) is 16.4 Å². The van der Waals surface area contributed by atoms with Gasteiger partial charge in [-0.15, -0.1) is 0 Å². The predicted octanol–water partition coefficient (Wildman–Crippen LogP) is 1.85. The third kappa shape index (κ3) is 4.32. The summed E-state index contributed by atoms with van der Waals surface area (Å²) in [7, 11) is -3.96. The summed E-state index contributed by atoms with van der Waals surface area (Å²) in [4.78, 5) is 14.3. The van der Waals surface area contributed by atoms with Crippen molar-refractivity contribution in [1.82, 2.24) is 9.29 Å². The Kier molecular flexibility index (Phi) is 5.97. The monoisotopic (exact) mass is 405 g/mol. The second-order valence-electron chi connectivity index (χ2n) is 6.00. The second kappa shape index (κ2) is 8.42. The molecule has 0 saturated carbocycles. The van der Waals surface area contributed by atoms with E-state index in [1.54, 1.807) is 25.4 Å². The zero-order valence-corrected chi connectivity index (χ0v) is 15.9. The van der Waals surface area contributed by atoms with Crippen molar-refractivity contribution in [3.63, 3.8) is 0 Å². The van der Waals surface area contributed by atoms with Crippen LogP contribution in [0.2, 0.25) is 0 Å². The van der Waals surface area contributed by atoms with E-state index >= 15 is 0 Å². The quantitative estimate of drug-likeness (QED) is 0.441. The van der Waals surface area contributed by atoms with Gasteiger partial charge in [0, 0.05) is 43.2 Å². The number of ether oxygens (including phenoxy) is 1. The van der Waals surface area contributed by atoms with Crippen molar-refractivity contribution in [3.05, 3.63) is 58.4 Å². The van der Waals surface area contributed by atoms with Crippen molar-refractivity contribution in [1.29, 1.82) is 0 Å². The van der Waals surface area contributed by atoms with Crippen molar-refractivity contribution in [2.24, 2.45) is 5.10 Å². The molecule has 0 aliphatic carbocycles. The molecule has 28 heavy (non-hydrogen) atoms. The van der Waals surface area contributed by atoms with Gasteiger partial charge in [-0.1, -0.05) is 6.07 Å². The second-order valence-corrected chi connectivity index (χ2v) is 7.91. The third-order valence-electron chi connectivity index (χ3n) is 4.19. The van der Waals surface area contributed by atoms with Gasteiger partial charge in [-0.25, -0.2) is 8.42 Å². The number of pyridine rings is 1. The molecular formula is C17H19N5O5S. The molecule has 148 valence electrons. The number of rotatable bonds is 6. The smallest absolute Gasteiger partial charge is 0.270 e. The van der Waals surface area contributed by atoms with E-state index in [0.29, 0.717) is 5.71 Å². The standard InChI is InChI=1S/C17H19N5O5S/c1-13(14-3-2-6-18-12-14)19-20-16-5-4-15(22(23)24)11-17(16)28(25,26)21-7-9-27-10-8-21/h2-6,11-12,20H,7-10H2,1H3/b19-13+. The first-order valence-electron chi connectivity index (χ1n) is 8.46. The Morgan fingerprint density at radius 1 is 1.32 bits per heavy atom. The first-order chi connectivity index (χ1) is 13.4. The van der Waals surface area contributed by atoms with Gasteiger partial charge in [-0.05, 0) is 19.1 Å². The van der Waals surface area contributed by atoms with Crippen molar-refractivity contribution in [3.8, 4) is 0 Å². The first kappa shape index (κ1) is 19.9. The number of sulfonamides is 1. The molecular weight excluding hydrogens is 386 g/mol. The van der Waals surface area contributed by atoms with E-state index in [0.717, 1.165) is 11.6 Å². The highest BCUT2D eigenvalue weighted by Gasteiger charge is 2.30. The Morgan fingerprint density at radius 2 is 2.07 bits per heavy atom. The summed E-state index contributed by atoms with van der Waals surface area (Å²) in [5.74, 6) is 0. The molecule has 0 atom stereocenters. The SMILES string of the molecule is C/C(=N\Nc1ccc([N+](=O)[O-])cc1S(=O)(=O)N1CCOCC1)c1cccnc1. The van der Waals surface area contributed by atoms with E-state index < -0.39 is 14.9 Å². The fourth-order valence-electron chi connectivity index (χ4n) is 2.64. The zero-order chi connectivity index (χ0) is 20.1. The Balaban J connectivity index is 1.98. The predicted molar refractivity (Wildman–Crippen MR) is 103 cm³/mol. The molecule has 0 spiro atoms. The lowest BCUT2D eigenvalue weighted by Crippen LogP contribution is -2.40. The van der Waals surface area contributed by atoms with E-state index in [4.69, 9.17) is 4.74 Å². The van der Waals surface area contributed by atoms with E-state index in [1.807, 2.05) is 6.07 Å². The van der Waals surface area contributed by atoms with Crippen LogP contribution < -0.4 is 5.43 Å². The maximum absolute atomic E-state index is 13.0. The number of non-ortho nitro benzene ring substituents is 1. The molecule has 0 amide bonds. The van der Waals surface area contributed by atoms with Crippen LogP contribution in [-0.4, -0.2) is 54.6 Å². The van der Waals surface area contributed by atoms with E-state index in [-0.39, 0.29) is 42.6 Å². The summed E-state index contributed by atoms with van der Waals surface area (Å²) in [6.45, 7) is 2.65. The number of nitrogens with zero attached hydrogens (tertiary/aromatic N) is 4. The molecule has 1 aromatic carbocycles. The molecule has 0 bridgehead atoms. The van der Waals surface area contributed by atoms with Gasteiger partial charge >= 0.3 is 0 Å². The molecule has 1 N–H and O–H groups in total. The van der Waals surface area contributed by atoms with Crippen molar-refractivity contribution in [2.45, 2.75) is 11.8 Å². The molecule has 0 unspecified atom stereocenters. The Bertz CT molecular complexity index is 988. The topological polar surface area (TPSA) is 127 Å². The summed E-state index contributed by atoms with van der Waals surface area (Å²) >= 11 is 0. The number of benzene rings is 1. The fraction of sp³-hybridized carbons (Fsp3) is 0.294. The van der Waals surface area contributed by atoms with Gasteiger partial charge in [0.15, 0.2) is 0 Å². The minimum atomic E-state index is -3.96. The lowest BCUT2D eigenvalue weighted by atomic mass is 10.2. The molecule has 0 radical (unpaired) electrons. The van der Waals surface area contributed by atoms with Crippen LogP contribution in [0.3, 0.4) is 0 Å². The Labute approximate surface area is 162 Å². The van der Waals surface area contributed by atoms with Crippen LogP contribution >= 0.6 is 0 Å². The van der Waals surface area contributed by atoms with Crippen LogP contribution in [-0.2, 0) is 14.8 Å². The number of hydrazone groups is 1. The van der Waals surface area contributed by atoms with Gasteiger partial charge in [0.25, 0.3) is 5.69 Å². The number of nitrogens with one attached hydrogen (secondary N) is 1. The molecule has 2 heterocycles. The molecule has 3 rings (SSSR count). The average molecular weight is 405 g/mol. The lowest BCUT2D eigenvalue weighted by molar-refractivity contribution is -0.385. The summed E-state index contributed by atoms with van der Waals surface area (Å²) in [5, 5.41) is 15.3. The van der Waals surface area contributed by atoms with Crippen LogP contribution in [0.1, 0.15) is 12.5 Å². The summed E-state index contributed by atoms with van der Waals surface area (Å²) < 4.78 is 32.5. The minimum Gasteiger partial charge on any atom is -0.379 e. The molecule has 1 saturated heterocycles. The molecule has 1 aliphatic heterocycles. The van der Waals surface area contributed by atoms with Gasteiger partial charge in [-0.2, -0.15) is 9.41 Å². The van der Waals surface area contributed by atoms with Crippen LogP contribution in [0, 0.1) is 10.1 Å². The minimum absolute atomic E-state index is 0.153. The highest BCUT2D eigenvalue weighted by molar-refractivity contribution is 7.89. The van der Waals surface area contributed by atoms with Crippen LogP contribution in [0.25, 0.3) is 0 Å². The van der Waals surface area contributed by atoms with Gasteiger partial charge in [0.05, 0.1) is 29.5 Å². The molecule has 2 aromatic rings. The van der Waals surface area contributed by atoms with Crippen LogP contribution in [0.4, 0.5) is 11.4 Å². The Morgan fingerprint density at radius 3 is 2.71 bits per heavy atom. The number of hydrogen-bond acceptors (Lipinski definition) is 8. The normalized spacial score (nSPS) is 16.0. The number of hydrogen-bond donors (Lipinski definition) is 1. The van der Waals surface area contributed by atoms with Gasteiger partial charge in [0.1, 0.15) is 4.90 Å². The highest BCUT2D eigenvalue weighted by Crippen LogP contribution is 2.29. The summed E-state index contributed by atoms with van der Waals surface area (Å²) in [6, 6.07) is 7.19. The number of anilines is 1. The average Bonchev–Trinajstić information content (AvgIpc) is 2.73. The number of nitro groups is 1. The number of aromatic nitrogens is 1. The van der Waals surface area contributed by atoms with Crippen LogP contribution in [0.5, 0.6) is 0 Å². The van der Waals surface area contributed by atoms with Gasteiger partial charge in [-0.3, -0.25) is 20.5 Å². The third-order valence-corrected chi connectivity index (χ3v) is 6.13. The molecule has 10 nitrogen and oxygen atoms in total. The van der Waals surface area contributed by atoms with Crippen molar-refractivity contribution in [2.75, 3.05) is 31.7 Å². The maximum Gasteiger partial charge on any atom is 0.270 e. The lowest BCUT2D eigenvalue weighted by Gasteiger charge is -2.26. The zero-order valence-electron chi connectivity index (χ0n) is 15.1. The summed E-state index contributed by atoms with van der Waals surface area (Å²) in [5.41, 5.74) is 3.91. The van der Waals surface area contributed by atoms with Crippen LogP contribution in [0.15, 0.2) is 52.7 Å². The molecule has 11 heteroatoms. The maximum atomic E-state index is 13.0. The Hall–Kier alpha value is -2.89. The largest absolute Gasteiger partial charge is 0.379 e.